The molecule has 3 rings (SSSR count). The molecular formula is C19H20Cl2N2O. The fourth-order valence-electron chi connectivity index (χ4n) is 3.17. The van der Waals surface area contributed by atoms with Crippen molar-refractivity contribution < 1.29 is 4.79 Å². The first kappa shape index (κ1) is 17.3. The van der Waals surface area contributed by atoms with Gasteiger partial charge in [-0.3, -0.25) is 4.79 Å². The van der Waals surface area contributed by atoms with Crippen molar-refractivity contribution in [2.45, 2.75) is 19.9 Å². The van der Waals surface area contributed by atoms with Gasteiger partial charge in [0.1, 0.15) is 0 Å². The van der Waals surface area contributed by atoms with Crippen LogP contribution >= 0.6 is 23.2 Å². The van der Waals surface area contributed by atoms with E-state index < -0.39 is 0 Å². The van der Waals surface area contributed by atoms with Gasteiger partial charge in [0.05, 0.1) is 16.1 Å². The highest BCUT2D eigenvalue weighted by Crippen LogP contribution is 2.27. The molecule has 1 amide bonds. The predicted octanol–water partition coefficient (Wildman–Crippen LogP) is 4.40. The smallest absolute Gasteiger partial charge is 0.253 e. The highest BCUT2D eigenvalue weighted by atomic mass is 35.5. The van der Waals surface area contributed by atoms with Gasteiger partial charge in [-0.1, -0.05) is 46.5 Å². The molecule has 0 spiro atoms. The van der Waals surface area contributed by atoms with Crippen LogP contribution in [0.5, 0.6) is 0 Å². The van der Waals surface area contributed by atoms with Crippen LogP contribution in [0.2, 0.25) is 10.0 Å². The predicted molar refractivity (Wildman–Crippen MR) is 99.0 cm³/mol. The van der Waals surface area contributed by atoms with Crippen molar-refractivity contribution in [3.8, 4) is 0 Å². The molecule has 1 aliphatic rings. The van der Waals surface area contributed by atoms with Crippen LogP contribution < -0.4 is 5.32 Å². The van der Waals surface area contributed by atoms with Gasteiger partial charge in [0, 0.05) is 25.2 Å². The van der Waals surface area contributed by atoms with Crippen molar-refractivity contribution >= 4 is 29.1 Å². The molecule has 1 atom stereocenters. The monoisotopic (exact) mass is 362 g/mol. The van der Waals surface area contributed by atoms with Crippen LogP contribution in [0.3, 0.4) is 0 Å². The number of carbonyl (C=O) groups is 1. The minimum absolute atomic E-state index is 0.0587. The maximum Gasteiger partial charge on any atom is 0.253 e. The van der Waals surface area contributed by atoms with Crippen molar-refractivity contribution in [1.82, 2.24) is 10.2 Å². The lowest BCUT2D eigenvalue weighted by atomic mass is 10.0. The summed E-state index contributed by atoms with van der Waals surface area (Å²) in [5.41, 5.74) is 4.01. The molecule has 1 saturated heterocycles. The number of aryl methyl sites for hydroxylation is 2. The number of rotatable bonds is 2. The van der Waals surface area contributed by atoms with Gasteiger partial charge in [0.2, 0.25) is 0 Å². The standard InChI is InChI=1S/C19H20Cl2N2O/c1-12-7-13(2)9-15(8-12)19(24)23-6-5-22-18(11-23)14-3-4-16(20)17(21)10-14/h3-4,7-10,18,22H,5-6,11H2,1-2H3/t18-/m1/s1. The lowest BCUT2D eigenvalue weighted by Crippen LogP contribution is -2.48. The highest BCUT2D eigenvalue weighted by Gasteiger charge is 2.25. The normalized spacial score (nSPS) is 17.8. The maximum absolute atomic E-state index is 12.9. The Morgan fingerprint density at radius 2 is 1.79 bits per heavy atom. The van der Waals surface area contributed by atoms with E-state index in [1.165, 1.54) is 0 Å². The average molecular weight is 363 g/mol. The number of carbonyl (C=O) groups excluding carboxylic acids is 1. The van der Waals surface area contributed by atoms with Crippen molar-refractivity contribution in [2.75, 3.05) is 19.6 Å². The number of halogens is 2. The second-order valence-corrected chi connectivity index (χ2v) is 7.12. The molecule has 0 bridgehead atoms. The Morgan fingerprint density at radius 1 is 1.08 bits per heavy atom. The van der Waals surface area contributed by atoms with Crippen LogP contribution in [-0.4, -0.2) is 30.4 Å². The van der Waals surface area contributed by atoms with Crippen LogP contribution in [0.1, 0.15) is 33.1 Å². The second kappa shape index (κ2) is 7.14. The zero-order valence-corrected chi connectivity index (χ0v) is 15.3. The SMILES string of the molecule is Cc1cc(C)cc(C(=O)N2CCN[C@@H](c3ccc(Cl)c(Cl)c3)C2)c1. The second-order valence-electron chi connectivity index (χ2n) is 6.31. The summed E-state index contributed by atoms with van der Waals surface area (Å²) in [6.45, 7) is 6.09. The molecule has 0 radical (unpaired) electrons. The summed E-state index contributed by atoms with van der Waals surface area (Å²) in [5.74, 6) is 0.0772. The lowest BCUT2D eigenvalue weighted by Gasteiger charge is -2.34. The highest BCUT2D eigenvalue weighted by molar-refractivity contribution is 6.42. The molecular weight excluding hydrogens is 343 g/mol. The van der Waals surface area contributed by atoms with Gasteiger partial charge in [0.25, 0.3) is 5.91 Å². The van der Waals surface area contributed by atoms with Crippen molar-refractivity contribution in [3.63, 3.8) is 0 Å². The number of benzene rings is 2. The third-order valence-electron chi connectivity index (χ3n) is 4.28. The van der Waals surface area contributed by atoms with Crippen LogP contribution in [0.25, 0.3) is 0 Å². The molecule has 2 aromatic rings. The first-order valence-corrected chi connectivity index (χ1v) is 8.75. The molecule has 2 aromatic carbocycles. The third-order valence-corrected chi connectivity index (χ3v) is 5.02. The Balaban J connectivity index is 1.79. The summed E-state index contributed by atoms with van der Waals surface area (Å²) in [7, 11) is 0. The van der Waals surface area contributed by atoms with E-state index in [0.717, 1.165) is 28.8 Å². The van der Waals surface area contributed by atoms with E-state index in [4.69, 9.17) is 23.2 Å². The summed E-state index contributed by atoms with van der Waals surface area (Å²) in [6.07, 6.45) is 0. The van der Waals surface area contributed by atoms with Crippen molar-refractivity contribution in [1.29, 1.82) is 0 Å². The maximum atomic E-state index is 12.9. The summed E-state index contributed by atoms with van der Waals surface area (Å²) in [4.78, 5) is 14.8. The third kappa shape index (κ3) is 3.75. The summed E-state index contributed by atoms with van der Waals surface area (Å²) in [5, 5.41) is 4.52. The molecule has 24 heavy (non-hydrogen) atoms. The molecule has 1 heterocycles. The van der Waals surface area contributed by atoms with Gasteiger partial charge in [-0.15, -0.1) is 0 Å². The summed E-state index contributed by atoms with van der Waals surface area (Å²) in [6, 6.07) is 11.7. The Morgan fingerprint density at radius 3 is 2.46 bits per heavy atom. The molecule has 0 saturated carbocycles. The molecule has 0 aromatic heterocycles. The number of nitrogens with one attached hydrogen (secondary N) is 1. The number of piperazine rings is 1. The van der Waals surface area contributed by atoms with E-state index in [9.17, 15) is 4.79 Å². The Labute approximate surface area is 152 Å². The van der Waals surface area contributed by atoms with Gasteiger partial charge < -0.3 is 10.2 Å². The Hall–Kier alpha value is -1.55. The average Bonchev–Trinajstić information content (AvgIpc) is 2.56. The molecule has 1 N–H and O–H groups in total. The number of nitrogens with zero attached hydrogens (tertiary/aromatic N) is 1. The zero-order chi connectivity index (χ0) is 17.3. The van der Waals surface area contributed by atoms with E-state index in [1.807, 2.05) is 43.0 Å². The fourth-order valence-corrected chi connectivity index (χ4v) is 3.47. The van der Waals surface area contributed by atoms with Gasteiger partial charge >= 0.3 is 0 Å². The van der Waals surface area contributed by atoms with E-state index in [1.54, 1.807) is 6.07 Å². The summed E-state index contributed by atoms with van der Waals surface area (Å²) >= 11 is 12.1. The van der Waals surface area contributed by atoms with Gasteiger partial charge in [-0.25, -0.2) is 0 Å². The van der Waals surface area contributed by atoms with Gasteiger partial charge in [-0.2, -0.15) is 0 Å². The van der Waals surface area contributed by atoms with Gasteiger partial charge in [0.15, 0.2) is 0 Å². The molecule has 5 heteroatoms. The van der Waals surface area contributed by atoms with Crippen molar-refractivity contribution in [2.24, 2.45) is 0 Å². The fraction of sp³-hybridized carbons (Fsp3) is 0.316. The number of hydrogen-bond donors (Lipinski definition) is 1. The van der Waals surface area contributed by atoms with Crippen LogP contribution in [0.4, 0.5) is 0 Å². The minimum atomic E-state index is 0.0587. The van der Waals surface area contributed by atoms with Gasteiger partial charge in [-0.05, 0) is 43.7 Å². The summed E-state index contributed by atoms with van der Waals surface area (Å²) < 4.78 is 0. The molecule has 1 fully saturated rings. The first-order valence-electron chi connectivity index (χ1n) is 8.00. The Kier molecular flexibility index (Phi) is 5.14. The van der Waals surface area contributed by atoms with E-state index in [-0.39, 0.29) is 11.9 Å². The lowest BCUT2D eigenvalue weighted by molar-refractivity contribution is 0.0703. The molecule has 1 aliphatic heterocycles. The van der Waals surface area contributed by atoms with Crippen LogP contribution in [0, 0.1) is 13.8 Å². The van der Waals surface area contributed by atoms with Crippen LogP contribution in [0.15, 0.2) is 36.4 Å². The molecule has 126 valence electrons. The van der Waals surface area contributed by atoms with Crippen LogP contribution in [-0.2, 0) is 0 Å². The molecule has 0 unspecified atom stereocenters. The topological polar surface area (TPSA) is 32.3 Å². The van der Waals surface area contributed by atoms with E-state index in [0.29, 0.717) is 23.1 Å². The largest absolute Gasteiger partial charge is 0.335 e. The minimum Gasteiger partial charge on any atom is -0.335 e. The molecule has 0 aliphatic carbocycles. The number of hydrogen-bond acceptors (Lipinski definition) is 2. The van der Waals surface area contributed by atoms with E-state index in [2.05, 4.69) is 11.4 Å². The quantitative estimate of drug-likeness (QED) is 0.858. The molecule has 3 nitrogen and oxygen atoms in total. The zero-order valence-electron chi connectivity index (χ0n) is 13.8. The van der Waals surface area contributed by atoms with Crippen molar-refractivity contribution in [3.05, 3.63) is 68.7 Å². The van der Waals surface area contributed by atoms with E-state index >= 15 is 0 Å². The number of amides is 1. The Bertz CT molecular complexity index is 756. The first-order chi connectivity index (χ1) is 11.4.